The fourth-order valence-electron chi connectivity index (χ4n) is 2.34. The minimum atomic E-state index is 0.423. The van der Waals surface area contributed by atoms with Crippen LogP contribution in [0.1, 0.15) is 5.69 Å². The van der Waals surface area contributed by atoms with Gasteiger partial charge < -0.3 is 15.5 Å². The Bertz CT molecular complexity index is 566. The molecule has 2 heterocycles. The van der Waals surface area contributed by atoms with Crippen LogP contribution >= 0.6 is 0 Å². The topological polar surface area (TPSA) is 58.3 Å². The SMILES string of the molecule is CN1CCN(c2cnc(CN)cn2)c2ccccc21. The molecule has 5 heteroatoms. The van der Waals surface area contributed by atoms with E-state index in [1.54, 1.807) is 12.4 Å². The molecule has 0 amide bonds. The van der Waals surface area contributed by atoms with E-state index in [1.165, 1.54) is 11.4 Å². The minimum Gasteiger partial charge on any atom is -0.371 e. The second kappa shape index (κ2) is 4.85. The lowest BCUT2D eigenvalue weighted by Crippen LogP contribution is -2.36. The standard InChI is InChI=1S/C14H17N5/c1-18-6-7-19(13-5-3-2-4-12(13)18)14-10-16-11(8-15)9-17-14/h2-5,9-10H,6-8,15H2,1H3. The summed E-state index contributed by atoms with van der Waals surface area (Å²) in [5.74, 6) is 0.873. The Morgan fingerprint density at radius 1 is 1.11 bits per heavy atom. The van der Waals surface area contributed by atoms with Gasteiger partial charge in [-0.15, -0.1) is 0 Å². The molecule has 2 aromatic rings. The lowest BCUT2D eigenvalue weighted by atomic mass is 10.2. The van der Waals surface area contributed by atoms with Crippen LogP contribution in [0, 0.1) is 0 Å². The largest absolute Gasteiger partial charge is 0.371 e. The number of nitrogens with two attached hydrogens (primary N) is 1. The summed E-state index contributed by atoms with van der Waals surface area (Å²) >= 11 is 0. The van der Waals surface area contributed by atoms with Gasteiger partial charge in [-0.2, -0.15) is 0 Å². The molecule has 0 saturated carbocycles. The number of hydrogen-bond acceptors (Lipinski definition) is 5. The fraction of sp³-hybridized carbons (Fsp3) is 0.286. The molecule has 0 radical (unpaired) electrons. The maximum Gasteiger partial charge on any atom is 0.151 e. The van der Waals surface area contributed by atoms with Crippen molar-refractivity contribution >= 4 is 17.2 Å². The first-order chi connectivity index (χ1) is 9.29. The van der Waals surface area contributed by atoms with Gasteiger partial charge in [-0.25, -0.2) is 4.98 Å². The second-order valence-electron chi connectivity index (χ2n) is 4.63. The van der Waals surface area contributed by atoms with Gasteiger partial charge >= 0.3 is 0 Å². The molecule has 19 heavy (non-hydrogen) atoms. The van der Waals surface area contributed by atoms with Crippen LogP contribution < -0.4 is 15.5 Å². The summed E-state index contributed by atoms with van der Waals surface area (Å²) in [7, 11) is 2.11. The van der Waals surface area contributed by atoms with Crippen molar-refractivity contribution in [1.82, 2.24) is 9.97 Å². The van der Waals surface area contributed by atoms with Crippen LogP contribution in [0.2, 0.25) is 0 Å². The van der Waals surface area contributed by atoms with Crippen molar-refractivity contribution in [2.45, 2.75) is 6.54 Å². The van der Waals surface area contributed by atoms with Gasteiger partial charge in [0.25, 0.3) is 0 Å². The predicted molar refractivity (Wildman–Crippen MR) is 76.6 cm³/mol. The molecule has 0 spiro atoms. The maximum atomic E-state index is 5.55. The highest BCUT2D eigenvalue weighted by molar-refractivity contribution is 5.77. The van der Waals surface area contributed by atoms with Crippen LogP contribution in [0.3, 0.4) is 0 Å². The van der Waals surface area contributed by atoms with E-state index in [-0.39, 0.29) is 0 Å². The number of benzene rings is 1. The van der Waals surface area contributed by atoms with Crippen molar-refractivity contribution in [2.24, 2.45) is 5.73 Å². The highest BCUT2D eigenvalue weighted by atomic mass is 15.3. The zero-order chi connectivity index (χ0) is 13.2. The molecule has 0 unspecified atom stereocenters. The van der Waals surface area contributed by atoms with Crippen molar-refractivity contribution < 1.29 is 0 Å². The number of anilines is 3. The first-order valence-corrected chi connectivity index (χ1v) is 6.38. The first-order valence-electron chi connectivity index (χ1n) is 6.38. The van der Waals surface area contributed by atoms with E-state index in [2.05, 4.69) is 45.0 Å². The molecule has 0 saturated heterocycles. The molecule has 98 valence electrons. The molecular weight excluding hydrogens is 238 g/mol. The molecule has 0 aliphatic carbocycles. The summed E-state index contributed by atoms with van der Waals surface area (Å²) < 4.78 is 0. The van der Waals surface area contributed by atoms with Gasteiger partial charge in [-0.05, 0) is 12.1 Å². The van der Waals surface area contributed by atoms with Gasteiger partial charge in [0.05, 0.1) is 29.5 Å². The van der Waals surface area contributed by atoms with E-state index in [9.17, 15) is 0 Å². The Morgan fingerprint density at radius 3 is 2.58 bits per heavy atom. The Morgan fingerprint density at radius 2 is 1.89 bits per heavy atom. The minimum absolute atomic E-state index is 0.423. The zero-order valence-corrected chi connectivity index (χ0v) is 11.0. The molecule has 2 N–H and O–H groups in total. The summed E-state index contributed by atoms with van der Waals surface area (Å²) in [4.78, 5) is 13.2. The van der Waals surface area contributed by atoms with Crippen LogP contribution in [-0.4, -0.2) is 30.1 Å². The molecule has 1 aromatic carbocycles. The van der Waals surface area contributed by atoms with Crippen LogP contribution in [0.25, 0.3) is 0 Å². The molecule has 0 bridgehead atoms. The number of para-hydroxylation sites is 2. The van der Waals surface area contributed by atoms with Crippen molar-refractivity contribution in [1.29, 1.82) is 0 Å². The molecule has 5 nitrogen and oxygen atoms in total. The molecule has 1 aromatic heterocycles. The molecule has 1 aliphatic heterocycles. The zero-order valence-electron chi connectivity index (χ0n) is 11.0. The van der Waals surface area contributed by atoms with Gasteiger partial charge in [0, 0.05) is 26.7 Å². The number of hydrogen-bond donors (Lipinski definition) is 1. The number of rotatable bonds is 2. The van der Waals surface area contributed by atoms with Crippen molar-refractivity contribution in [2.75, 3.05) is 29.9 Å². The average Bonchev–Trinajstić information content (AvgIpc) is 2.48. The van der Waals surface area contributed by atoms with Gasteiger partial charge in [0.1, 0.15) is 0 Å². The Kier molecular flexibility index (Phi) is 3.05. The summed E-state index contributed by atoms with van der Waals surface area (Å²) in [5, 5.41) is 0. The number of aromatic nitrogens is 2. The maximum absolute atomic E-state index is 5.55. The van der Waals surface area contributed by atoms with Crippen molar-refractivity contribution in [3.8, 4) is 0 Å². The molecule has 0 atom stereocenters. The van der Waals surface area contributed by atoms with E-state index in [1.807, 2.05) is 6.07 Å². The highest BCUT2D eigenvalue weighted by Gasteiger charge is 2.21. The number of fused-ring (bicyclic) bond motifs is 1. The quantitative estimate of drug-likeness (QED) is 0.881. The molecule has 3 rings (SSSR count). The van der Waals surface area contributed by atoms with E-state index < -0.39 is 0 Å². The third kappa shape index (κ3) is 2.13. The molecular formula is C14H17N5. The van der Waals surface area contributed by atoms with E-state index in [4.69, 9.17) is 5.73 Å². The fourth-order valence-corrected chi connectivity index (χ4v) is 2.34. The normalized spacial score (nSPS) is 14.4. The van der Waals surface area contributed by atoms with E-state index in [0.717, 1.165) is 24.6 Å². The summed E-state index contributed by atoms with van der Waals surface area (Å²) in [6.45, 7) is 2.30. The molecule has 0 fully saturated rings. The summed E-state index contributed by atoms with van der Waals surface area (Å²) in [6.07, 6.45) is 3.54. The second-order valence-corrected chi connectivity index (χ2v) is 4.63. The van der Waals surface area contributed by atoms with Gasteiger partial charge in [0.15, 0.2) is 5.82 Å². The van der Waals surface area contributed by atoms with Crippen LogP contribution in [0.5, 0.6) is 0 Å². The number of likely N-dealkylation sites (N-methyl/N-ethyl adjacent to an activating group) is 1. The third-order valence-corrected chi connectivity index (χ3v) is 3.42. The Balaban J connectivity index is 1.99. The van der Waals surface area contributed by atoms with Gasteiger partial charge in [-0.3, -0.25) is 4.98 Å². The summed E-state index contributed by atoms with van der Waals surface area (Å²) in [5.41, 5.74) is 8.75. The lowest BCUT2D eigenvalue weighted by molar-refractivity contribution is 0.807. The predicted octanol–water partition coefficient (Wildman–Crippen LogP) is 1.52. The Hall–Kier alpha value is -2.14. The van der Waals surface area contributed by atoms with Gasteiger partial charge in [-0.1, -0.05) is 12.1 Å². The van der Waals surface area contributed by atoms with Crippen LogP contribution in [-0.2, 0) is 6.54 Å². The van der Waals surface area contributed by atoms with E-state index in [0.29, 0.717) is 6.54 Å². The monoisotopic (exact) mass is 255 g/mol. The molecule has 1 aliphatic rings. The third-order valence-electron chi connectivity index (χ3n) is 3.42. The Labute approximate surface area is 112 Å². The number of nitrogens with zero attached hydrogens (tertiary/aromatic N) is 4. The van der Waals surface area contributed by atoms with Crippen molar-refractivity contribution in [3.63, 3.8) is 0 Å². The summed E-state index contributed by atoms with van der Waals surface area (Å²) in [6, 6.07) is 8.35. The first kappa shape index (κ1) is 11.9. The smallest absolute Gasteiger partial charge is 0.151 e. The van der Waals surface area contributed by atoms with Crippen molar-refractivity contribution in [3.05, 3.63) is 42.4 Å². The lowest BCUT2D eigenvalue weighted by Gasteiger charge is -2.36. The average molecular weight is 255 g/mol. The highest BCUT2D eigenvalue weighted by Crippen LogP contribution is 2.35. The van der Waals surface area contributed by atoms with Gasteiger partial charge in [0.2, 0.25) is 0 Å². The van der Waals surface area contributed by atoms with Crippen LogP contribution in [0.15, 0.2) is 36.7 Å². The van der Waals surface area contributed by atoms with Crippen LogP contribution in [0.4, 0.5) is 17.2 Å². The van der Waals surface area contributed by atoms with E-state index >= 15 is 0 Å².